The molecule has 10 saturated heterocycles. The summed E-state index contributed by atoms with van der Waals surface area (Å²) in [6.45, 7) is 79.4. The Morgan fingerprint density at radius 1 is 0.333 bits per heavy atom. The number of hydrogen-bond acceptors (Lipinski definition) is 18. The minimum atomic E-state index is -2.74. The third-order valence-corrected chi connectivity index (χ3v) is 24.2. The molecule has 10 aliphatic rings. The van der Waals surface area contributed by atoms with Gasteiger partial charge in [0.05, 0.1) is 102 Å². The number of morpholine rings is 2. The summed E-state index contributed by atoms with van der Waals surface area (Å²) < 4.78 is 86.4. The lowest BCUT2D eigenvalue weighted by atomic mass is 9.81. The molecule has 0 aromatic rings. The van der Waals surface area contributed by atoms with Crippen molar-refractivity contribution in [3.05, 3.63) is 0 Å². The summed E-state index contributed by atoms with van der Waals surface area (Å²) in [5, 5.41) is 7.58. The second-order valence-corrected chi connectivity index (χ2v) is 43.3. The molecule has 10 fully saturated rings. The summed E-state index contributed by atoms with van der Waals surface area (Å²) >= 11 is 4.26. The Morgan fingerprint density at radius 2 is 0.796 bits per heavy atom. The lowest BCUT2D eigenvalue weighted by Gasteiger charge is -2.34. The molecule has 0 saturated carbocycles. The zero-order valence-electron chi connectivity index (χ0n) is 68.5. The highest BCUT2D eigenvalue weighted by molar-refractivity contribution is 8.00. The first-order chi connectivity index (χ1) is 44.3. The Bertz CT molecular complexity index is 1800. The molecule has 19 heteroatoms. The molecule has 0 radical (unpaired) electrons. The first kappa shape index (κ1) is 132. The molecule has 0 aromatic carbocycles. The van der Waals surface area contributed by atoms with E-state index in [4.69, 9.17) is 56.8 Å². The minimum Gasteiger partial charge on any atom is -0.378 e. The first-order valence-corrected chi connectivity index (χ1v) is 41.3. The maximum Gasteiger partial charge on any atom is 0.162 e. The van der Waals surface area contributed by atoms with E-state index in [9.17, 15) is 8.42 Å². The van der Waals surface area contributed by atoms with Crippen molar-refractivity contribution in [2.75, 3.05) is 136 Å². The summed E-state index contributed by atoms with van der Waals surface area (Å²) in [6.07, 6.45) is 9.15. The van der Waals surface area contributed by atoms with Crippen molar-refractivity contribution in [3.63, 3.8) is 0 Å². The quantitative estimate of drug-likeness (QED) is 0.235. The van der Waals surface area contributed by atoms with Gasteiger partial charge in [0.1, 0.15) is 20.4 Å². The minimum absolute atomic E-state index is 0. The molecule has 0 aromatic heterocycles. The standard InChI is InChI=1S/2C8H17NO.C8H16O2S.3C8H16O2.2C8H16S.2C7H14O2.11CH4/c1-8(2,3)7-6-10-5-4-9-7;1-8(2,3)7-6-9-4-5-10-7;1-8(2,3)7-5-4-6-11(7,9)10;1-8(2,3)7-4-9-6-10-5-7;1-8(2,3)7-4-5-9-6-10-7;1-8(2,3)7-9-5-4-6-10-7;1-8(2,3)7-4-5-9-6-7;1-8(2,3)7-5-4-6-9-7;1-7(2,3)6-4-8-5-9-6;1-7(2,3)6-8-4-5-9-6;;;;;;;;;;;/h2*7,9H,4-6H2,1-3H3;7H,4-6H2,1-3H3;3*7H,4-6H2,1-3H3;2*7H,4-6H2,1-3H3;2*6H,4-5H2,1-3H3;11*1H4. The van der Waals surface area contributed by atoms with Gasteiger partial charge in [-0.2, -0.15) is 23.5 Å². The first-order valence-electron chi connectivity index (χ1n) is 37.3. The van der Waals surface area contributed by atoms with Crippen LogP contribution in [0, 0.1) is 66.0 Å². The molecule has 670 valence electrons. The summed E-state index contributed by atoms with van der Waals surface area (Å²) in [5.41, 5.74) is 2.73. The van der Waals surface area contributed by atoms with Crippen molar-refractivity contribution in [2.24, 2.45) is 66.0 Å². The van der Waals surface area contributed by atoms with Gasteiger partial charge in [-0.15, -0.1) is 0 Å². The van der Waals surface area contributed by atoms with Crippen LogP contribution in [-0.2, 0) is 66.7 Å². The Morgan fingerprint density at radius 3 is 1.03 bits per heavy atom. The molecule has 0 amide bonds. The van der Waals surface area contributed by atoms with Crippen molar-refractivity contribution in [3.8, 4) is 0 Å². The molecule has 108 heavy (non-hydrogen) atoms. The SMILES string of the molecule is C.C.C.C.C.C.C.C.C.C.C.CC(C)(C)C1CCCS1.CC(C)(C)C1CCCS1(=O)=O.CC(C)(C)C1CCOCO1.CC(C)(C)C1CCSC1.CC(C)(C)C1CNCCO1.CC(C)(C)C1COCCN1.CC(C)(C)C1COCO1.CC(C)(C)C1COCOC1.CC(C)(C)C1OCCCO1.CC(C)(C)C1OCCO1. The lowest BCUT2D eigenvalue weighted by Crippen LogP contribution is -2.48. The largest absolute Gasteiger partial charge is 0.378 e. The lowest BCUT2D eigenvalue weighted by molar-refractivity contribution is -0.224. The van der Waals surface area contributed by atoms with Crippen LogP contribution in [0.1, 0.15) is 334 Å². The van der Waals surface area contributed by atoms with Crippen molar-refractivity contribution < 1.29 is 65.3 Å². The molecule has 0 bridgehead atoms. The van der Waals surface area contributed by atoms with Crippen LogP contribution in [0.25, 0.3) is 0 Å². The number of sulfone groups is 1. The molecular weight excluding hydrogens is 1420 g/mol. The third-order valence-electron chi connectivity index (χ3n) is 18.5. The summed E-state index contributed by atoms with van der Waals surface area (Å²) in [7, 11) is -2.74. The van der Waals surface area contributed by atoms with Crippen LogP contribution in [0.2, 0.25) is 0 Å². The highest BCUT2D eigenvalue weighted by Gasteiger charge is 2.40. The Hall–Kier alpha value is 0.0900. The molecule has 7 unspecified atom stereocenters. The Labute approximate surface area is 688 Å². The van der Waals surface area contributed by atoms with E-state index in [0.717, 1.165) is 129 Å². The molecule has 2 N–H and O–H groups in total. The van der Waals surface area contributed by atoms with Gasteiger partial charge in [0.2, 0.25) is 0 Å². The average molecular weight is 1620 g/mol. The number of nitrogens with one attached hydrogen (secondary N) is 2. The molecule has 7 atom stereocenters. The maximum atomic E-state index is 11.4. The van der Waals surface area contributed by atoms with Gasteiger partial charge in [-0.1, -0.05) is 289 Å². The van der Waals surface area contributed by atoms with Crippen LogP contribution in [-0.4, -0.2) is 192 Å². The predicted molar refractivity (Wildman–Crippen MR) is 484 cm³/mol. The smallest absolute Gasteiger partial charge is 0.162 e. The van der Waals surface area contributed by atoms with E-state index < -0.39 is 9.84 Å². The van der Waals surface area contributed by atoms with Crippen LogP contribution in [0.4, 0.5) is 0 Å². The number of hydrogen-bond donors (Lipinski definition) is 2. The highest BCUT2D eigenvalue weighted by Crippen LogP contribution is 2.40. The van der Waals surface area contributed by atoms with Crippen molar-refractivity contribution >= 4 is 33.4 Å². The summed E-state index contributed by atoms with van der Waals surface area (Å²) in [6, 6.07) is 0.529. The van der Waals surface area contributed by atoms with Gasteiger partial charge in [-0.05, 0) is 111 Å². The Balaban J connectivity index is -0.000000106. The van der Waals surface area contributed by atoms with E-state index >= 15 is 0 Å². The molecular formula is C89H202N2O14S3. The van der Waals surface area contributed by atoms with E-state index in [1.54, 1.807) is 0 Å². The number of ether oxygens (including phenoxy) is 12. The molecule has 10 aliphatic heterocycles. The fraction of sp³-hybridized carbons (Fsp3) is 1.00. The van der Waals surface area contributed by atoms with E-state index in [1.807, 2.05) is 20.8 Å². The van der Waals surface area contributed by atoms with Crippen molar-refractivity contribution in [1.29, 1.82) is 0 Å². The normalized spacial score (nSPS) is 24.5. The van der Waals surface area contributed by atoms with Crippen LogP contribution in [0.15, 0.2) is 0 Å². The summed E-state index contributed by atoms with van der Waals surface area (Å²) in [4.78, 5) is 0. The van der Waals surface area contributed by atoms with E-state index in [2.05, 4.69) is 221 Å². The fourth-order valence-corrected chi connectivity index (χ4v) is 16.8. The molecule has 10 rings (SSSR count). The maximum absolute atomic E-state index is 11.4. The van der Waals surface area contributed by atoms with Crippen molar-refractivity contribution in [2.45, 2.75) is 382 Å². The van der Waals surface area contributed by atoms with Gasteiger partial charge in [0.15, 0.2) is 22.4 Å². The van der Waals surface area contributed by atoms with Gasteiger partial charge in [0, 0.05) is 47.7 Å². The van der Waals surface area contributed by atoms with Crippen molar-refractivity contribution in [1.82, 2.24) is 10.6 Å². The predicted octanol–water partition coefficient (Wildman–Crippen LogP) is 24.4. The van der Waals surface area contributed by atoms with Crippen LogP contribution >= 0.6 is 23.5 Å². The second-order valence-electron chi connectivity index (χ2n) is 38.5. The van der Waals surface area contributed by atoms with E-state index in [-0.39, 0.29) is 138 Å². The topological polar surface area (TPSA) is 169 Å². The van der Waals surface area contributed by atoms with Crippen LogP contribution < -0.4 is 10.6 Å². The molecule has 10 heterocycles. The van der Waals surface area contributed by atoms with Gasteiger partial charge < -0.3 is 67.5 Å². The highest BCUT2D eigenvalue weighted by atomic mass is 32.2. The molecule has 0 spiro atoms. The zero-order valence-corrected chi connectivity index (χ0v) is 71.0. The third kappa shape index (κ3) is 58.9. The van der Waals surface area contributed by atoms with E-state index in [0.29, 0.717) is 72.0 Å². The van der Waals surface area contributed by atoms with Gasteiger partial charge >= 0.3 is 0 Å². The van der Waals surface area contributed by atoms with Crippen LogP contribution in [0.3, 0.4) is 0 Å². The Kier molecular flexibility index (Phi) is 74.8. The van der Waals surface area contributed by atoms with E-state index in [1.165, 1.54) is 36.5 Å². The number of rotatable bonds is 0. The zero-order chi connectivity index (χ0) is 74.4. The van der Waals surface area contributed by atoms with Crippen LogP contribution in [0.5, 0.6) is 0 Å². The van der Waals surface area contributed by atoms with Gasteiger partial charge in [0.25, 0.3) is 0 Å². The molecule has 0 aliphatic carbocycles. The average Bonchev–Trinajstić information content (AvgIpc) is 1.68. The van der Waals surface area contributed by atoms with Gasteiger partial charge in [-0.3, -0.25) is 0 Å². The second kappa shape index (κ2) is 61.4. The molecule has 16 nitrogen and oxygen atoms in total. The monoisotopic (exact) mass is 1620 g/mol. The fourth-order valence-electron chi connectivity index (χ4n) is 11.3. The van der Waals surface area contributed by atoms with Gasteiger partial charge in [-0.25, -0.2) is 8.42 Å². The number of thioether (sulfide) groups is 2. The summed E-state index contributed by atoms with van der Waals surface area (Å²) in [5.74, 6) is 6.10.